The number of alkyl halides is 1. The van der Waals surface area contributed by atoms with Crippen LogP contribution < -0.4 is 11.2 Å². The van der Waals surface area contributed by atoms with Crippen LogP contribution >= 0.6 is 22.6 Å². The summed E-state index contributed by atoms with van der Waals surface area (Å²) in [5.74, 6) is 0. The number of aromatic amines is 1. The van der Waals surface area contributed by atoms with Crippen LogP contribution in [0.2, 0.25) is 0 Å². The van der Waals surface area contributed by atoms with Crippen molar-refractivity contribution >= 4 is 28.7 Å². The summed E-state index contributed by atoms with van der Waals surface area (Å²) in [4.78, 5) is 25.3. The molecule has 4 atom stereocenters. The third-order valence-electron chi connectivity index (χ3n) is 2.99. The molecular formula is C11H12FIN2O5. The summed E-state index contributed by atoms with van der Waals surface area (Å²) in [6, 6.07) is 0. The topological polar surface area (TPSA) is 105 Å². The van der Waals surface area contributed by atoms with Gasteiger partial charge in [0.15, 0.2) is 12.4 Å². The lowest BCUT2D eigenvalue weighted by Gasteiger charge is -2.16. The minimum absolute atomic E-state index is 0.150. The fraction of sp³-hybridized carbons (Fsp3) is 0.455. The van der Waals surface area contributed by atoms with Crippen LogP contribution in [0.25, 0.3) is 6.08 Å². The number of ether oxygens (including phenoxy) is 1. The summed E-state index contributed by atoms with van der Waals surface area (Å²) in [6.45, 7) is -0.573. The molecule has 0 amide bonds. The van der Waals surface area contributed by atoms with E-state index >= 15 is 0 Å². The average molecular weight is 398 g/mol. The molecule has 0 radical (unpaired) electrons. The molecule has 0 saturated carbocycles. The molecule has 9 heteroatoms. The zero-order valence-corrected chi connectivity index (χ0v) is 12.2. The van der Waals surface area contributed by atoms with Crippen LogP contribution in [0.4, 0.5) is 4.39 Å². The van der Waals surface area contributed by atoms with Crippen molar-refractivity contribution in [3.8, 4) is 0 Å². The van der Waals surface area contributed by atoms with E-state index < -0.39 is 42.5 Å². The van der Waals surface area contributed by atoms with E-state index in [0.29, 0.717) is 0 Å². The molecular weight excluding hydrogens is 386 g/mol. The lowest BCUT2D eigenvalue weighted by atomic mass is 10.1. The first-order valence-electron chi connectivity index (χ1n) is 5.70. The van der Waals surface area contributed by atoms with Crippen LogP contribution in [-0.4, -0.2) is 44.8 Å². The molecule has 110 valence electrons. The molecule has 0 spiro atoms. The Morgan fingerprint density at radius 1 is 1.55 bits per heavy atom. The third kappa shape index (κ3) is 2.71. The number of aliphatic hydroxyl groups excluding tert-OH is 2. The van der Waals surface area contributed by atoms with Crippen molar-refractivity contribution in [3.63, 3.8) is 0 Å². The fourth-order valence-electron chi connectivity index (χ4n) is 1.95. The maximum absolute atomic E-state index is 13.9. The highest BCUT2D eigenvalue weighted by molar-refractivity contribution is 14.1. The number of nitrogens with zero attached hydrogens (tertiary/aromatic N) is 1. The smallest absolute Gasteiger partial charge is 0.330 e. The van der Waals surface area contributed by atoms with Gasteiger partial charge in [-0.15, -0.1) is 0 Å². The van der Waals surface area contributed by atoms with Gasteiger partial charge in [0.05, 0.1) is 12.2 Å². The first-order chi connectivity index (χ1) is 9.49. The van der Waals surface area contributed by atoms with Crippen molar-refractivity contribution in [3.05, 3.63) is 36.7 Å². The molecule has 20 heavy (non-hydrogen) atoms. The van der Waals surface area contributed by atoms with Gasteiger partial charge < -0.3 is 14.9 Å². The van der Waals surface area contributed by atoms with Crippen LogP contribution in [0.5, 0.6) is 0 Å². The van der Waals surface area contributed by atoms with E-state index in [4.69, 9.17) is 9.84 Å². The second-order valence-corrected chi connectivity index (χ2v) is 4.95. The van der Waals surface area contributed by atoms with Gasteiger partial charge in [-0.05, 0) is 10.2 Å². The molecule has 7 nitrogen and oxygen atoms in total. The number of halogens is 2. The number of rotatable bonds is 3. The van der Waals surface area contributed by atoms with Crippen molar-refractivity contribution in [1.82, 2.24) is 9.55 Å². The number of H-pyrrole nitrogens is 1. The van der Waals surface area contributed by atoms with Gasteiger partial charge in [0.2, 0.25) is 0 Å². The van der Waals surface area contributed by atoms with Crippen molar-refractivity contribution in [1.29, 1.82) is 0 Å². The number of aromatic nitrogens is 2. The highest BCUT2D eigenvalue weighted by atomic mass is 127. The monoisotopic (exact) mass is 398 g/mol. The van der Waals surface area contributed by atoms with Crippen LogP contribution in [0, 0.1) is 0 Å². The van der Waals surface area contributed by atoms with E-state index in [1.54, 1.807) is 4.08 Å². The summed E-state index contributed by atoms with van der Waals surface area (Å²) in [7, 11) is 0. The van der Waals surface area contributed by atoms with Gasteiger partial charge in [0, 0.05) is 6.20 Å². The molecule has 1 aliphatic heterocycles. The Balaban J connectivity index is 2.46. The molecule has 1 aromatic heterocycles. The zero-order valence-electron chi connectivity index (χ0n) is 10.1. The van der Waals surface area contributed by atoms with E-state index in [2.05, 4.69) is 0 Å². The SMILES string of the molecule is O=c1[nH]c(=O)n([C@H]2O[C@@H](CO)C(O)C2F)cc1/C=C/I. The van der Waals surface area contributed by atoms with Crippen molar-refractivity contribution in [2.75, 3.05) is 6.61 Å². The Morgan fingerprint density at radius 2 is 2.25 bits per heavy atom. The molecule has 0 aromatic carbocycles. The van der Waals surface area contributed by atoms with Gasteiger partial charge in [0.1, 0.15) is 12.2 Å². The van der Waals surface area contributed by atoms with Gasteiger partial charge in [-0.25, -0.2) is 9.18 Å². The van der Waals surface area contributed by atoms with Crippen LogP contribution in [0.3, 0.4) is 0 Å². The highest BCUT2D eigenvalue weighted by Crippen LogP contribution is 2.30. The Morgan fingerprint density at radius 3 is 2.80 bits per heavy atom. The van der Waals surface area contributed by atoms with E-state index in [0.717, 1.165) is 10.8 Å². The third-order valence-corrected chi connectivity index (χ3v) is 3.35. The molecule has 0 bridgehead atoms. The summed E-state index contributed by atoms with van der Waals surface area (Å²) < 4.78 is 21.5. The van der Waals surface area contributed by atoms with Crippen molar-refractivity contribution in [2.24, 2.45) is 0 Å². The van der Waals surface area contributed by atoms with Crippen LogP contribution in [0.15, 0.2) is 19.9 Å². The molecule has 0 aliphatic carbocycles. The van der Waals surface area contributed by atoms with Crippen molar-refractivity contribution < 1.29 is 19.3 Å². The normalized spacial score (nSPS) is 30.2. The second-order valence-electron chi connectivity index (χ2n) is 4.23. The van der Waals surface area contributed by atoms with Gasteiger partial charge in [-0.3, -0.25) is 14.3 Å². The van der Waals surface area contributed by atoms with Gasteiger partial charge in [0.25, 0.3) is 5.56 Å². The number of hydrogen-bond donors (Lipinski definition) is 3. The van der Waals surface area contributed by atoms with Gasteiger partial charge >= 0.3 is 5.69 Å². The molecule has 3 N–H and O–H groups in total. The predicted molar refractivity (Wildman–Crippen MR) is 76.3 cm³/mol. The maximum atomic E-state index is 13.9. The fourth-order valence-corrected chi connectivity index (χ4v) is 2.34. The molecule has 2 unspecified atom stereocenters. The average Bonchev–Trinajstić information content (AvgIpc) is 2.70. The largest absolute Gasteiger partial charge is 0.394 e. The quantitative estimate of drug-likeness (QED) is 0.598. The Bertz CT molecular complexity index is 628. The highest BCUT2D eigenvalue weighted by Gasteiger charge is 2.45. The molecule has 1 aromatic rings. The van der Waals surface area contributed by atoms with Gasteiger partial charge in [-0.1, -0.05) is 22.6 Å². The number of nitrogens with one attached hydrogen (secondary N) is 1. The van der Waals surface area contributed by atoms with E-state index in [9.17, 15) is 19.1 Å². The number of aliphatic hydroxyl groups is 2. The Kier molecular flexibility index (Phi) is 4.73. The lowest BCUT2D eigenvalue weighted by molar-refractivity contribution is -0.0491. The lowest BCUT2D eigenvalue weighted by Crippen LogP contribution is -2.36. The second kappa shape index (κ2) is 6.16. The van der Waals surface area contributed by atoms with Crippen LogP contribution in [0.1, 0.15) is 11.8 Å². The van der Waals surface area contributed by atoms with Crippen LogP contribution in [-0.2, 0) is 4.74 Å². The maximum Gasteiger partial charge on any atom is 0.330 e. The molecule has 2 rings (SSSR count). The van der Waals surface area contributed by atoms with E-state index in [1.807, 2.05) is 27.6 Å². The zero-order chi connectivity index (χ0) is 14.9. The first kappa shape index (κ1) is 15.4. The van der Waals surface area contributed by atoms with E-state index in [1.165, 1.54) is 6.08 Å². The molecule has 1 fully saturated rings. The van der Waals surface area contributed by atoms with Crippen molar-refractivity contribution in [2.45, 2.75) is 24.6 Å². The Hall–Kier alpha value is -1.04. The standard InChI is InChI=1S/C11H12FIN2O5/c12-7-8(17)6(4-16)20-10(7)15-3-5(1-2-13)9(18)14-11(15)19/h1-3,6-8,10,16-17H,4H2,(H,14,18,19)/b2-1+/t6-,7?,8?,10-/m0/s1. The minimum Gasteiger partial charge on any atom is -0.394 e. The molecule has 2 heterocycles. The number of hydrogen-bond acceptors (Lipinski definition) is 5. The van der Waals surface area contributed by atoms with Gasteiger partial charge in [-0.2, -0.15) is 0 Å². The van der Waals surface area contributed by atoms with E-state index in [-0.39, 0.29) is 5.56 Å². The first-order valence-corrected chi connectivity index (χ1v) is 6.95. The Labute approximate surface area is 125 Å². The summed E-state index contributed by atoms with van der Waals surface area (Å²) in [5.41, 5.74) is -1.30. The molecule has 1 aliphatic rings. The summed E-state index contributed by atoms with van der Waals surface area (Å²) in [5, 5.41) is 18.5. The summed E-state index contributed by atoms with van der Waals surface area (Å²) >= 11 is 1.89. The molecule has 1 saturated heterocycles. The predicted octanol–water partition coefficient (Wildman–Crippen LogP) is -0.469. The summed E-state index contributed by atoms with van der Waals surface area (Å²) in [6.07, 6.45) is -3.33. The minimum atomic E-state index is -1.88.